The Morgan fingerprint density at radius 3 is 2.09 bits per heavy atom. The molecule has 0 atom stereocenters. The summed E-state index contributed by atoms with van der Waals surface area (Å²) in [5.74, 6) is 0. The first-order valence-electron chi connectivity index (χ1n) is 4.70. The summed E-state index contributed by atoms with van der Waals surface area (Å²) in [6, 6.07) is 0. The van der Waals surface area contributed by atoms with Crippen LogP contribution >= 0.6 is 0 Å². The molecule has 2 heterocycles. The Hall–Kier alpha value is -0.0800. The molecule has 0 aromatic rings. The minimum Gasteiger partial charge on any atom is -0.315 e. The lowest BCUT2D eigenvalue weighted by Gasteiger charge is -2.38. The van der Waals surface area contributed by atoms with Crippen molar-refractivity contribution in [3.8, 4) is 0 Å². The average molecular weight is 156 g/mol. The van der Waals surface area contributed by atoms with Crippen LogP contribution in [-0.2, 0) is 0 Å². The number of rotatable bonds is 0. The monoisotopic (exact) mass is 156 g/mol. The Labute approximate surface area is 70.0 Å². The van der Waals surface area contributed by atoms with Gasteiger partial charge in [0.1, 0.15) is 0 Å². The molecule has 0 aliphatic carbocycles. The van der Waals surface area contributed by atoms with Crippen LogP contribution in [-0.4, -0.2) is 38.1 Å². The van der Waals surface area contributed by atoms with Crippen LogP contribution in [0.3, 0.4) is 0 Å². The molecule has 0 aromatic heterocycles. The lowest BCUT2D eigenvalue weighted by molar-refractivity contribution is 0.177. The molecule has 2 rings (SSSR count). The van der Waals surface area contributed by atoms with E-state index in [9.17, 15) is 0 Å². The number of nitrogens with zero attached hydrogens (tertiary/aromatic N) is 1. The standard InChI is InChI=1S/C7H14N2.C2H6/c1-9-3-2-7(6-9)4-8-5-7;1-2/h8H,2-6H2,1H3;1-2H3. The first-order chi connectivity index (χ1) is 5.31. The molecule has 1 spiro atoms. The maximum Gasteiger partial charge on any atom is 0.00917 e. The van der Waals surface area contributed by atoms with E-state index < -0.39 is 0 Å². The van der Waals surface area contributed by atoms with Crippen LogP contribution in [0.15, 0.2) is 0 Å². The summed E-state index contributed by atoms with van der Waals surface area (Å²) in [5.41, 5.74) is 0.703. The van der Waals surface area contributed by atoms with E-state index in [-0.39, 0.29) is 0 Å². The lowest BCUT2D eigenvalue weighted by Crippen LogP contribution is -2.54. The van der Waals surface area contributed by atoms with Gasteiger partial charge in [-0.25, -0.2) is 0 Å². The van der Waals surface area contributed by atoms with Gasteiger partial charge in [-0.2, -0.15) is 0 Å². The molecule has 0 aromatic carbocycles. The maximum atomic E-state index is 3.34. The Kier molecular flexibility index (Phi) is 2.90. The normalized spacial score (nSPS) is 27.5. The second-order valence-corrected chi connectivity index (χ2v) is 3.59. The molecule has 0 saturated carbocycles. The molecule has 2 aliphatic rings. The van der Waals surface area contributed by atoms with Gasteiger partial charge in [-0.3, -0.25) is 0 Å². The summed E-state index contributed by atoms with van der Waals surface area (Å²) in [4.78, 5) is 2.43. The van der Waals surface area contributed by atoms with E-state index in [0.717, 1.165) is 0 Å². The molecule has 2 fully saturated rings. The van der Waals surface area contributed by atoms with Gasteiger partial charge in [0.25, 0.3) is 0 Å². The molecule has 0 amide bonds. The summed E-state index contributed by atoms with van der Waals surface area (Å²) >= 11 is 0. The van der Waals surface area contributed by atoms with Crippen molar-refractivity contribution in [2.24, 2.45) is 5.41 Å². The number of nitrogens with one attached hydrogen (secondary N) is 1. The summed E-state index contributed by atoms with van der Waals surface area (Å²) in [6.07, 6.45) is 1.41. The number of hydrogen-bond donors (Lipinski definition) is 1. The summed E-state index contributed by atoms with van der Waals surface area (Å²) < 4.78 is 0. The van der Waals surface area contributed by atoms with Crippen molar-refractivity contribution >= 4 is 0 Å². The van der Waals surface area contributed by atoms with E-state index in [1.165, 1.54) is 32.6 Å². The number of likely N-dealkylation sites (tertiary alicyclic amines) is 1. The molecular formula is C9H20N2. The molecule has 11 heavy (non-hydrogen) atoms. The molecule has 0 radical (unpaired) electrons. The first kappa shape index (κ1) is 9.01. The second kappa shape index (κ2) is 3.55. The van der Waals surface area contributed by atoms with Crippen molar-refractivity contribution in [2.75, 3.05) is 33.2 Å². The third-order valence-corrected chi connectivity index (χ3v) is 2.63. The molecule has 1 N–H and O–H groups in total. The fourth-order valence-electron chi connectivity index (χ4n) is 1.93. The second-order valence-electron chi connectivity index (χ2n) is 3.59. The Balaban J connectivity index is 0.000000281. The molecular weight excluding hydrogens is 136 g/mol. The fraction of sp³-hybridized carbons (Fsp3) is 1.00. The highest BCUT2D eigenvalue weighted by atomic mass is 15.2. The molecule has 66 valence electrons. The van der Waals surface area contributed by atoms with Crippen molar-refractivity contribution in [3.05, 3.63) is 0 Å². The van der Waals surface area contributed by atoms with Gasteiger partial charge >= 0.3 is 0 Å². The molecule has 0 bridgehead atoms. The SMILES string of the molecule is CC.CN1CCC2(CNC2)C1. The largest absolute Gasteiger partial charge is 0.315 e. The van der Waals surface area contributed by atoms with Crippen molar-refractivity contribution in [1.29, 1.82) is 0 Å². The quantitative estimate of drug-likeness (QED) is 0.561. The predicted octanol–water partition coefficient (Wildman–Crippen LogP) is 0.938. The van der Waals surface area contributed by atoms with E-state index >= 15 is 0 Å². The van der Waals surface area contributed by atoms with Gasteiger partial charge in [0.15, 0.2) is 0 Å². The van der Waals surface area contributed by atoms with E-state index in [1.54, 1.807) is 0 Å². The van der Waals surface area contributed by atoms with Gasteiger partial charge in [0, 0.05) is 25.0 Å². The third kappa shape index (κ3) is 1.74. The number of hydrogen-bond acceptors (Lipinski definition) is 2. The highest BCUT2D eigenvalue weighted by Gasteiger charge is 2.41. The zero-order valence-corrected chi connectivity index (χ0v) is 7.98. The predicted molar refractivity (Wildman–Crippen MR) is 48.8 cm³/mol. The van der Waals surface area contributed by atoms with Crippen LogP contribution < -0.4 is 5.32 Å². The summed E-state index contributed by atoms with van der Waals surface area (Å²) in [5, 5.41) is 3.34. The molecule has 2 heteroatoms. The van der Waals surface area contributed by atoms with Gasteiger partial charge < -0.3 is 10.2 Å². The molecule has 2 nitrogen and oxygen atoms in total. The van der Waals surface area contributed by atoms with Crippen molar-refractivity contribution < 1.29 is 0 Å². The van der Waals surface area contributed by atoms with Gasteiger partial charge in [-0.05, 0) is 20.0 Å². The van der Waals surface area contributed by atoms with Gasteiger partial charge in [0.2, 0.25) is 0 Å². The van der Waals surface area contributed by atoms with E-state index in [1.807, 2.05) is 13.8 Å². The fourth-order valence-corrected chi connectivity index (χ4v) is 1.93. The van der Waals surface area contributed by atoms with Crippen LogP contribution in [0.4, 0.5) is 0 Å². The lowest BCUT2D eigenvalue weighted by atomic mass is 9.81. The summed E-state index contributed by atoms with van der Waals surface area (Å²) in [7, 11) is 2.22. The van der Waals surface area contributed by atoms with Crippen LogP contribution in [0.1, 0.15) is 20.3 Å². The zero-order valence-electron chi connectivity index (χ0n) is 7.98. The maximum absolute atomic E-state index is 3.34. The Morgan fingerprint density at radius 2 is 1.91 bits per heavy atom. The molecule has 0 unspecified atom stereocenters. The van der Waals surface area contributed by atoms with Crippen LogP contribution in [0.25, 0.3) is 0 Å². The highest BCUT2D eigenvalue weighted by Crippen LogP contribution is 2.32. The highest BCUT2D eigenvalue weighted by molar-refractivity contribution is 4.98. The van der Waals surface area contributed by atoms with E-state index in [2.05, 4.69) is 17.3 Å². The smallest absolute Gasteiger partial charge is 0.00917 e. The average Bonchev–Trinajstić information content (AvgIpc) is 2.35. The molecule has 2 saturated heterocycles. The third-order valence-electron chi connectivity index (χ3n) is 2.63. The minimum atomic E-state index is 0.703. The first-order valence-corrected chi connectivity index (χ1v) is 4.70. The van der Waals surface area contributed by atoms with Crippen molar-refractivity contribution in [2.45, 2.75) is 20.3 Å². The summed E-state index contributed by atoms with van der Waals surface area (Å²) in [6.45, 7) is 9.15. The van der Waals surface area contributed by atoms with Gasteiger partial charge in [-0.1, -0.05) is 13.8 Å². The molecule has 2 aliphatic heterocycles. The van der Waals surface area contributed by atoms with Gasteiger partial charge in [-0.15, -0.1) is 0 Å². The zero-order chi connectivity index (χ0) is 8.32. The van der Waals surface area contributed by atoms with Crippen LogP contribution in [0.5, 0.6) is 0 Å². The van der Waals surface area contributed by atoms with Crippen molar-refractivity contribution in [3.63, 3.8) is 0 Å². The van der Waals surface area contributed by atoms with Crippen LogP contribution in [0, 0.1) is 5.41 Å². The minimum absolute atomic E-state index is 0.703. The van der Waals surface area contributed by atoms with E-state index in [4.69, 9.17) is 0 Å². The topological polar surface area (TPSA) is 15.3 Å². The Morgan fingerprint density at radius 1 is 1.27 bits per heavy atom. The Bertz CT molecular complexity index is 119. The van der Waals surface area contributed by atoms with Crippen LogP contribution in [0.2, 0.25) is 0 Å². The van der Waals surface area contributed by atoms with Crippen molar-refractivity contribution in [1.82, 2.24) is 10.2 Å². The van der Waals surface area contributed by atoms with E-state index in [0.29, 0.717) is 5.41 Å². The van der Waals surface area contributed by atoms with Gasteiger partial charge in [0.05, 0.1) is 0 Å².